The number of amides is 1. The molecule has 0 radical (unpaired) electrons. The number of fused-ring (bicyclic) bond motifs is 1. The molecule has 136 valence electrons. The molecule has 0 saturated heterocycles. The van der Waals surface area contributed by atoms with Crippen LogP contribution in [0.2, 0.25) is 0 Å². The molecule has 6 nitrogen and oxygen atoms in total. The molecule has 1 aliphatic rings. The van der Waals surface area contributed by atoms with Crippen LogP contribution in [0.4, 0.5) is 8.78 Å². The third kappa shape index (κ3) is 4.85. The third-order valence-electron chi connectivity index (χ3n) is 3.49. The van der Waals surface area contributed by atoms with Gasteiger partial charge in [-0.3, -0.25) is 4.79 Å². The predicted molar refractivity (Wildman–Crippen MR) is 86.0 cm³/mol. The number of carbonyl (C=O) groups excluding carboxylic acids is 1. The van der Waals surface area contributed by atoms with Crippen LogP contribution >= 0.6 is 12.4 Å². The number of halogens is 3. The summed E-state index contributed by atoms with van der Waals surface area (Å²) in [6.45, 7) is -0.471. The Balaban J connectivity index is 0.00000288. The van der Waals surface area contributed by atoms with Gasteiger partial charge in [-0.15, -0.1) is 12.4 Å². The highest BCUT2D eigenvalue weighted by atomic mass is 35.5. The van der Waals surface area contributed by atoms with Gasteiger partial charge in [-0.2, -0.15) is 8.78 Å². The largest absolute Gasteiger partial charge is 0.454 e. The van der Waals surface area contributed by atoms with E-state index in [1.807, 2.05) is 0 Å². The van der Waals surface area contributed by atoms with Gasteiger partial charge < -0.3 is 24.4 Å². The first-order valence-corrected chi connectivity index (χ1v) is 7.19. The van der Waals surface area contributed by atoms with Gasteiger partial charge in [-0.05, 0) is 13.1 Å². The highest BCUT2D eigenvalue weighted by molar-refractivity contribution is 5.85. The number of nitrogens with zero attached hydrogens (tertiary/aromatic N) is 1. The second-order valence-corrected chi connectivity index (χ2v) is 5.34. The molecular weight excluding hydrogens is 346 g/mol. The highest BCUT2D eigenvalue weighted by Crippen LogP contribution is 2.39. The number of nitrogens with one attached hydrogen (secondary N) is 1. The summed E-state index contributed by atoms with van der Waals surface area (Å²) in [6.07, 6.45) is 0. The average Bonchev–Trinajstić information content (AvgIpc) is 2.93. The summed E-state index contributed by atoms with van der Waals surface area (Å²) in [6, 6.07) is 2.92. The molecule has 1 N–H and O–H groups in total. The van der Waals surface area contributed by atoms with E-state index in [-0.39, 0.29) is 43.3 Å². The Kier molecular flexibility index (Phi) is 7.50. The van der Waals surface area contributed by atoms with Crippen molar-refractivity contribution < 1.29 is 27.8 Å². The molecule has 1 heterocycles. The second kappa shape index (κ2) is 8.89. The number of alkyl halides is 2. The van der Waals surface area contributed by atoms with E-state index in [0.29, 0.717) is 23.6 Å². The lowest BCUT2D eigenvalue weighted by atomic mass is 10.1. The van der Waals surface area contributed by atoms with Crippen LogP contribution in [0.25, 0.3) is 0 Å². The van der Waals surface area contributed by atoms with Gasteiger partial charge in [-0.1, -0.05) is 6.92 Å². The molecule has 9 heteroatoms. The molecule has 0 aromatic heterocycles. The molecule has 1 aromatic rings. The molecule has 1 aromatic carbocycles. The molecule has 0 aliphatic carbocycles. The van der Waals surface area contributed by atoms with Crippen molar-refractivity contribution in [2.45, 2.75) is 20.1 Å². The van der Waals surface area contributed by atoms with Crippen LogP contribution in [0.3, 0.4) is 0 Å². The van der Waals surface area contributed by atoms with Crippen molar-refractivity contribution in [1.29, 1.82) is 0 Å². The van der Waals surface area contributed by atoms with Crippen molar-refractivity contribution in [3.8, 4) is 17.2 Å². The minimum Gasteiger partial charge on any atom is -0.454 e. The summed E-state index contributed by atoms with van der Waals surface area (Å²) in [4.78, 5) is 13.7. The minimum absolute atomic E-state index is 0. The lowest BCUT2D eigenvalue weighted by Gasteiger charge is -2.22. The monoisotopic (exact) mass is 366 g/mol. The fourth-order valence-corrected chi connectivity index (χ4v) is 2.40. The minimum atomic E-state index is -2.96. The number of rotatable bonds is 7. The smallest absolute Gasteiger partial charge is 0.387 e. The van der Waals surface area contributed by atoms with E-state index in [2.05, 4.69) is 10.1 Å². The van der Waals surface area contributed by atoms with Crippen LogP contribution in [0.5, 0.6) is 17.2 Å². The molecule has 24 heavy (non-hydrogen) atoms. The maximum atomic E-state index is 12.6. The summed E-state index contributed by atoms with van der Waals surface area (Å²) in [5.41, 5.74) is 0.432. The third-order valence-corrected chi connectivity index (χ3v) is 3.49. The predicted octanol–water partition coefficient (Wildman–Crippen LogP) is 2.25. The number of benzene rings is 1. The summed E-state index contributed by atoms with van der Waals surface area (Å²) < 4.78 is 40.1. The molecule has 1 unspecified atom stereocenters. The van der Waals surface area contributed by atoms with Gasteiger partial charge >= 0.3 is 6.61 Å². The molecule has 1 aliphatic heterocycles. The van der Waals surface area contributed by atoms with E-state index in [1.165, 1.54) is 11.0 Å². The van der Waals surface area contributed by atoms with E-state index < -0.39 is 6.61 Å². The summed E-state index contributed by atoms with van der Waals surface area (Å²) in [5, 5.41) is 2.93. The summed E-state index contributed by atoms with van der Waals surface area (Å²) in [7, 11) is 3.38. The molecule has 0 fully saturated rings. The van der Waals surface area contributed by atoms with Crippen LogP contribution in [0.15, 0.2) is 12.1 Å². The van der Waals surface area contributed by atoms with Crippen molar-refractivity contribution in [1.82, 2.24) is 10.2 Å². The lowest BCUT2D eigenvalue weighted by Crippen LogP contribution is -2.35. The quantitative estimate of drug-likeness (QED) is 0.802. The van der Waals surface area contributed by atoms with Crippen molar-refractivity contribution in [2.75, 3.05) is 27.4 Å². The highest BCUT2D eigenvalue weighted by Gasteiger charge is 2.23. The standard InChI is InChI=1S/C15H20F2N2O4.ClH/c1-9(6-18-2)14(20)19(3)7-10-4-12-13(22-8-21-12)5-11(10)23-15(16)17;/h4-5,9,15,18H,6-8H2,1-3H3;1H. The average molecular weight is 367 g/mol. The van der Waals surface area contributed by atoms with Crippen molar-refractivity contribution in [2.24, 2.45) is 5.92 Å². The fourth-order valence-electron chi connectivity index (χ4n) is 2.40. The normalized spacial score (nSPS) is 13.4. The van der Waals surface area contributed by atoms with E-state index in [0.717, 1.165) is 0 Å². The zero-order valence-corrected chi connectivity index (χ0v) is 14.5. The summed E-state index contributed by atoms with van der Waals surface area (Å²) in [5.74, 6) is 0.455. The maximum absolute atomic E-state index is 12.6. The first-order chi connectivity index (χ1) is 10.9. The fraction of sp³-hybridized carbons (Fsp3) is 0.533. The zero-order chi connectivity index (χ0) is 17.0. The molecule has 1 atom stereocenters. The molecule has 1 amide bonds. The van der Waals surface area contributed by atoms with E-state index in [1.54, 1.807) is 27.1 Å². The SMILES string of the molecule is CNCC(C)C(=O)N(C)Cc1cc2c(cc1OC(F)F)OCO2.Cl. The van der Waals surface area contributed by atoms with Gasteiger partial charge in [0.25, 0.3) is 0 Å². The first-order valence-electron chi connectivity index (χ1n) is 7.19. The maximum Gasteiger partial charge on any atom is 0.387 e. The van der Waals surface area contributed by atoms with E-state index >= 15 is 0 Å². The topological polar surface area (TPSA) is 60.0 Å². The van der Waals surface area contributed by atoms with Gasteiger partial charge in [0, 0.05) is 37.7 Å². The second-order valence-electron chi connectivity index (χ2n) is 5.34. The van der Waals surface area contributed by atoms with Gasteiger partial charge in [0.15, 0.2) is 11.5 Å². The van der Waals surface area contributed by atoms with Crippen LogP contribution in [0, 0.1) is 5.92 Å². The molecular formula is C15H21ClF2N2O4. The van der Waals surface area contributed by atoms with Crippen LogP contribution in [-0.4, -0.2) is 44.9 Å². The van der Waals surface area contributed by atoms with Crippen molar-refractivity contribution >= 4 is 18.3 Å². The number of carbonyl (C=O) groups is 1. The number of hydrogen-bond acceptors (Lipinski definition) is 5. The lowest BCUT2D eigenvalue weighted by molar-refractivity contribution is -0.134. The number of hydrogen-bond donors (Lipinski definition) is 1. The van der Waals surface area contributed by atoms with E-state index in [4.69, 9.17) is 9.47 Å². The van der Waals surface area contributed by atoms with Crippen molar-refractivity contribution in [3.63, 3.8) is 0 Å². The molecule has 0 spiro atoms. The van der Waals surface area contributed by atoms with Gasteiger partial charge in [-0.25, -0.2) is 0 Å². The van der Waals surface area contributed by atoms with Crippen LogP contribution in [-0.2, 0) is 11.3 Å². The first kappa shape index (κ1) is 20.2. The van der Waals surface area contributed by atoms with Crippen molar-refractivity contribution in [3.05, 3.63) is 17.7 Å². The Bertz CT molecular complexity index is 575. The van der Waals surface area contributed by atoms with Crippen LogP contribution in [0.1, 0.15) is 12.5 Å². The Hall–Kier alpha value is -1.80. The molecule has 0 bridgehead atoms. The Labute approximate surface area is 145 Å². The van der Waals surface area contributed by atoms with Gasteiger partial charge in [0.1, 0.15) is 5.75 Å². The molecule has 2 rings (SSSR count). The van der Waals surface area contributed by atoms with E-state index in [9.17, 15) is 13.6 Å². The Morgan fingerprint density at radius 1 is 1.38 bits per heavy atom. The molecule has 0 saturated carbocycles. The summed E-state index contributed by atoms with van der Waals surface area (Å²) >= 11 is 0. The van der Waals surface area contributed by atoms with Crippen LogP contribution < -0.4 is 19.5 Å². The Morgan fingerprint density at radius 2 is 2.00 bits per heavy atom. The van der Waals surface area contributed by atoms with Gasteiger partial charge in [0.05, 0.1) is 0 Å². The van der Waals surface area contributed by atoms with Gasteiger partial charge in [0.2, 0.25) is 12.7 Å². The zero-order valence-electron chi connectivity index (χ0n) is 13.7. The number of ether oxygens (including phenoxy) is 3. The Morgan fingerprint density at radius 3 is 2.58 bits per heavy atom.